The molecule has 0 saturated carbocycles. The van der Waals surface area contributed by atoms with Gasteiger partial charge in [-0.25, -0.2) is 4.98 Å². The molecule has 0 spiro atoms. The molecule has 0 unspecified atom stereocenters. The first-order chi connectivity index (χ1) is 9.86. The van der Waals surface area contributed by atoms with Gasteiger partial charge in [0.15, 0.2) is 0 Å². The second-order valence-corrected chi connectivity index (χ2v) is 4.36. The number of nitrogen functional groups attached to an aromatic ring is 1. The molecule has 110 valence electrons. The van der Waals surface area contributed by atoms with Gasteiger partial charge >= 0.3 is 6.18 Å². The smallest absolute Gasteiger partial charge is 0.399 e. The normalized spacial score (nSPS) is 12.3. The number of benzene rings is 1. The van der Waals surface area contributed by atoms with Gasteiger partial charge in [-0.05, 0) is 36.8 Å². The van der Waals surface area contributed by atoms with Crippen molar-refractivity contribution in [3.05, 3.63) is 53.7 Å². The van der Waals surface area contributed by atoms with Crippen LogP contribution in [0, 0.1) is 0 Å². The van der Waals surface area contributed by atoms with E-state index < -0.39 is 11.7 Å². The Labute approximate surface area is 119 Å². The van der Waals surface area contributed by atoms with E-state index in [-0.39, 0.29) is 5.82 Å². The van der Waals surface area contributed by atoms with Crippen LogP contribution in [0.2, 0.25) is 0 Å². The zero-order valence-electron chi connectivity index (χ0n) is 11.1. The van der Waals surface area contributed by atoms with E-state index >= 15 is 0 Å². The number of nitrogens with one attached hydrogen (secondary N) is 1. The van der Waals surface area contributed by atoms with Crippen LogP contribution in [0.4, 0.5) is 24.7 Å². The SMILES string of the molecule is C/C(=N\Nc1ccc(C(F)(F)F)cn1)c1ccc(N)cc1. The van der Waals surface area contributed by atoms with E-state index in [1.54, 1.807) is 31.2 Å². The van der Waals surface area contributed by atoms with Crippen molar-refractivity contribution in [2.45, 2.75) is 13.1 Å². The fourth-order valence-corrected chi connectivity index (χ4v) is 1.56. The summed E-state index contributed by atoms with van der Waals surface area (Å²) in [5, 5.41) is 4.07. The number of pyridine rings is 1. The lowest BCUT2D eigenvalue weighted by Crippen LogP contribution is -2.06. The molecule has 0 atom stereocenters. The Morgan fingerprint density at radius 2 is 1.81 bits per heavy atom. The van der Waals surface area contributed by atoms with Gasteiger partial charge in [0.2, 0.25) is 0 Å². The lowest BCUT2D eigenvalue weighted by atomic mass is 10.1. The molecule has 2 aromatic rings. The first kappa shape index (κ1) is 14.8. The largest absolute Gasteiger partial charge is 0.417 e. The molecule has 0 aliphatic carbocycles. The molecule has 7 heteroatoms. The van der Waals surface area contributed by atoms with Crippen LogP contribution >= 0.6 is 0 Å². The van der Waals surface area contributed by atoms with E-state index in [0.717, 1.165) is 17.8 Å². The number of halogens is 3. The molecule has 0 amide bonds. The Bertz CT molecular complexity index is 631. The van der Waals surface area contributed by atoms with Crippen molar-refractivity contribution >= 4 is 17.2 Å². The van der Waals surface area contributed by atoms with Crippen molar-refractivity contribution in [2.75, 3.05) is 11.2 Å². The van der Waals surface area contributed by atoms with Crippen LogP contribution in [0.1, 0.15) is 18.1 Å². The molecule has 0 saturated heterocycles. The van der Waals surface area contributed by atoms with Gasteiger partial charge in [0.05, 0.1) is 11.3 Å². The van der Waals surface area contributed by atoms with Crippen molar-refractivity contribution < 1.29 is 13.2 Å². The number of alkyl halides is 3. The number of rotatable bonds is 3. The summed E-state index contributed by atoms with van der Waals surface area (Å²) in [7, 11) is 0. The lowest BCUT2D eigenvalue weighted by Gasteiger charge is -2.07. The zero-order chi connectivity index (χ0) is 15.5. The first-order valence-corrected chi connectivity index (χ1v) is 6.06. The number of hydrazone groups is 1. The van der Waals surface area contributed by atoms with E-state index in [1.807, 2.05) is 0 Å². The lowest BCUT2D eigenvalue weighted by molar-refractivity contribution is -0.137. The number of hydrogen-bond donors (Lipinski definition) is 2. The third-order valence-electron chi connectivity index (χ3n) is 2.76. The molecule has 21 heavy (non-hydrogen) atoms. The Morgan fingerprint density at radius 1 is 1.14 bits per heavy atom. The van der Waals surface area contributed by atoms with Gasteiger partial charge in [0.25, 0.3) is 0 Å². The monoisotopic (exact) mass is 294 g/mol. The number of nitrogens with two attached hydrogens (primary N) is 1. The van der Waals surface area contributed by atoms with Crippen LogP contribution in [0.3, 0.4) is 0 Å². The minimum absolute atomic E-state index is 0.234. The van der Waals surface area contributed by atoms with Crippen LogP contribution < -0.4 is 11.2 Å². The number of anilines is 2. The van der Waals surface area contributed by atoms with Crippen LogP contribution in [0.5, 0.6) is 0 Å². The minimum atomic E-state index is -4.39. The second kappa shape index (κ2) is 5.82. The summed E-state index contributed by atoms with van der Waals surface area (Å²) in [4.78, 5) is 3.67. The van der Waals surface area contributed by atoms with Crippen LogP contribution in [0.25, 0.3) is 0 Å². The van der Waals surface area contributed by atoms with Crippen molar-refractivity contribution in [1.82, 2.24) is 4.98 Å². The van der Waals surface area contributed by atoms with Gasteiger partial charge in [-0.1, -0.05) is 12.1 Å². The van der Waals surface area contributed by atoms with Crippen molar-refractivity contribution in [3.63, 3.8) is 0 Å². The van der Waals surface area contributed by atoms with Crippen molar-refractivity contribution in [3.8, 4) is 0 Å². The number of nitrogens with zero attached hydrogens (tertiary/aromatic N) is 2. The predicted molar refractivity (Wildman–Crippen MR) is 75.9 cm³/mol. The van der Waals surface area contributed by atoms with Gasteiger partial charge in [0, 0.05) is 11.9 Å². The highest BCUT2D eigenvalue weighted by Crippen LogP contribution is 2.28. The molecule has 3 N–H and O–H groups in total. The molecule has 0 aliphatic heterocycles. The third kappa shape index (κ3) is 3.95. The fraction of sp³-hybridized carbons (Fsp3) is 0.143. The fourth-order valence-electron chi connectivity index (χ4n) is 1.56. The predicted octanol–water partition coefficient (Wildman–Crippen LogP) is 3.52. The van der Waals surface area contributed by atoms with E-state index in [1.165, 1.54) is 6.07 Å². The summed E-state index contributed by atoms with van der Waals surface area (Å²) < 4.78 is 37.2. The molecule has 0 aliphatic rings. The minimum Gasteiger partial charge on any atom is -0.399 e. The van der Waals surface area contributed by atoms with Crippen LogP contribution in [0.15, 0.2) is 47.7 Å². The molecule has 1 aromatic carbocycles. The Kier molecular flexibility index (Phi) is 4.11. The maximum absolute atomic E-state index is 12.4. The second-order valence-electron chi connectivity index (χ2n) is 4.36. The third-order valence-corrected chi connectivity index (χ3v) is 2.76. The molecule has 4 nitrogen and oxygen atoms in total. The molecular weight excluding hydrogens is 281 g/mol. The molecule has 0 radical (unpaired) electrons. The van der Waals surface area contributed by atoms with Gasteiger partial charge < -0.3 is 5.73 Å². The average molecular weight is 294 g/mol. The Morgan fingerprint density at radius 3 is 2.33 bits per heavy atom. The number of aromatic nitrogens is 1. The average Bonchev–Trinajstić information content (AvgIpc) is 2.45. The highest BCUT2D eigenvalue weighted by molar-refractivity contribution is 5.99. The summed E-state index contributed by atoms with van der Waals surface area (Å²) in [5.74, 6) is 0.234. The summed E-state index contributed by atoms with van der Waals surface area (Å²) in [5.41, 5.74) is 9.56. The highest BCUT2D eigenvalue weighted by atomic mass is 19.4. The van der Waals surface area contributed by atoms with E-state index in [2.05, 4.69) is 15.5 Å². The van der Waals surface area contributed by atoms with E-state index in [9.17, 15) is 13.2 Å². The van der Waals surface area contributed by atoms with Crippen LogP contribution in [-0.2, 0) is 6.18 Å². The van der Waals surface area contributed by atoms with Gasteiger partial charge in [-0.15, -0.1) is 0 Å². The van der Waals surface area contributed by atoms with E-state index in [4.69, 9.17) is 5.73 Å². The summed E-state index contributed by atoms with van der Waals surface area (Å²) >= 11 is 0. The van der Waals surface area contributed by atoms with Gasteiger partial charge in [-0.3, -0.25) is 5.43 Å². The number of hydrogen-bond acceptors (Lipinski definition) is 4. The maximum atomic E-state index is 12.4. The topological polar surface area (TPSA) is 63.3 Å². The Balaban J connectivity index is 2.08. The van der Waals surface area contributed by atoms with Gasteiger partial charge in [0.1, 0.15) is 5.82 Å². The quantitative estimate of drug-likeness (QED) is 0.517. The highest BCUT2D eigenvalue weighted by Gasteiger charge is 2.30. The summed E-state index contributed by atoms with van der Waals surface area (Å²) in [6.07, 6.45) is -3.63. The summed E-state index contributed by atoms with van der Waals surface area (Å²) in [6.45, 7) is 1.77. The van der Waals surface area contributed by atoms with Gasteiger partial charge in [-0.2, -0.15) is 18.3 Å². The van der Waals surface area contributed by atoms with E-state index in [0.29, 0.717) is 11.4 Å². The van der Waals surface area contributed by atoms with Crippen molar-refractivity contribution in [2.24, 2.45) is 5.10 Å². The Hall–Kier alpha value is -2.57. The molecular formula is C14H13F3N4. The molecule has 0 fully saturated rings. The first-order valence-electron chi connectivity index (χ1n) is 6.06. The molecule has 2 rings (SSSR count). The standard InChI is InChI=1S/C14H13F3N4/c1-9(10-2-5-12(18)6-3-10)20-21-13-7-4-11(8-19-13)14(15,16)17/h2-8H,18H2,1H3,(H,19,21)/b20-9+. The molecule has 0 bridgehead atoms. The molecule has 1 aromatic heterocycles. The molecule has 1 heterocycles. The van der Waals surface area contributed by atoms with Crippen molar-refractivity contribution in [1.29, 1.82) is 0 Å². The maximum Gasteiger partial charge on any atom is 0.417 e. The summed E-state index contributed by atoms with van der Waals surface area (Å²) in [6, 6.07) is 9.26. The van der Waals surface area contributed by atoms with Crippen LogP contribution in [-0.4, -0.2) is 10.7 Å². The zero-order valence-corrected chi connectivity index (χ0v) is 11.1.